The van der Waals surface area contributed by atoms with E-state index in [0.717, 1.165) is 0 Å². The maximum atomic E-state index is 12.4. The van der Waals surface area contributed by atoms with Crippen molar-refractivity contribution in [3.63, 3.8) is 0 Å². The summed E-state index contributed by atoms with van der Waals surface area (Å²) in [6.45, 7) is 2.82. The summed E-state index contributed by atoms with van der Waals surface area (Å²) in [6.07, 6.45) is 1.14. The van der Waals surface area contributed by atoms with E-state index in [1.165, 1.54) is 11.0 Å². The van der Waals surface area contributed by atoms with Crippen LogP contribution in [0.4, 0.5) is 0 Å². The quantitative estimate of drug-likeness (QED) is 0.621. The SMILES string of the molecule is CCOC(=O)C1CCN(C(=O)CN(C)C(=O)COc2ccc(Cl)c(Cl)c2)CC1. The number of piperidine rings is 1. The number of benzene rings is 1. The fraction of sp³-hybridized carbons (Fsp3) is 0.526. The van der Waals surface area contributed by atoms with Crippen LogP contribution in [0.5, 0.6) is 5.75 Å². The lowest BCUT2D eigenvalue weighted by molar-refractivity contribution is -0.151. The van der Waals surface area contributed by atoms with Gasteiger partial charge in [-0.2, -0.15) is 0 Å². The van der Waals surface area contributed by atoms with Crippen molar-refractivity contribution >= 4 is 41.0 Å². The summed E-state index contributed by atoms with van der Waals surface area (Å²) in [4.78, 5) is 39.4. The van der Waals surface area contributed by atoms with Gasteiger partial charge in [0.2, 0.25) is 5.91 Å². The van der Waals surface area contributed by atoms with Crippen LogP contribution in [0.1, 0.15) is 19.8 Å². The van der Waals surface area contributed by atoms with Crippen molar-refractivity contribution in [3.05, 3.63) is 28.2 Å². The average Bonchev–Trinajstić information content (AvgIpc) is 2.68. The molecular weight excluding hydrogens is 407 g/mol. The summed E-state index contributed by atoms with van der Waals surface area (Å²) in [5.41, 5.74) is 0. The van der Waals surface area contributed by atoms with Crippen molar-refractivity contribution in [2.24, 2.45) is 5.92 Å². The maximum absolute atomic E-state index is 12.4. The van der Waals surface area contributed by atoms with E-state index in [1.54, 1.807) is 31.0 Å². The summed E-state index contributed by atoms with van der Waals surface area (Å²) in [5, 5.41) is 0.733. The van der Waals surface area contributed by atoms with E-state index in [4.69, 9.17) is 32.7 Å². The van der Waals surface area contributed by atoms with Crippen molar-refractivity contribution in [1.29, 1.82) is 0 Å². The number of esters is 1. The normalized spacial score (nSPS) is 14.5. The molecule has 0 radical (unpaired) electrons. The molecule has 1 aliphatic rings. The smallest absolute Gasteiger partial charge is 0.309 e. The number of hydrogen-bond donors (Lipinski definition) is 0. The highest BCUT2D eigenvalue weighted by Crippen LogP contribution is 2.26. The third kappa shape index (κ3) is 6.27. The predicted octanol–water partition coefficient (Wildman–Crippen LogP) is 2.63. The van der Waals surface area contributed by atoms with Crippen LogP contribution in [0, 0.1) is 5.92 Å². The highest BCUT2D eigenvalue weighted by atomic mass is 35.5. The molecule has 0 bridgehead atoms. The van der Waals surface area contributed by atoms with E-state index in [0.29, 0.717) is 48.3 Å². The standard InChI is InChI=1S/C19H24Cl2N2O5/c1-3-27-19(26)13-6-8-23(9-7-13)17(24)11-22(2)18(25)12-28-14-4-5-15(20)16(21)10-14/h4-5,10,13H,3,6-9,11-12H2,1-2H3. The molecule has 28 heavy (non-hydrogen) atoms. The molecule has 0 unspecified atom stereocenters. The van der Waals surface area contributed by atoms with Gasteiger partial charge in [-0.25, -0.2) is 0 Å². The Kier molecular flexibility index (Phi) is 8.38. The van der Waals surface area contributed by atoms with Gasteiger partial charge >= 0.3 is 5.97 Å². The summed E-state index contributed by atoms with van der Waals surface area (Å²) < 4.78 is 10.4. The fourth-order valence-corrected chi connectivity index (χ4v) is 3.13. The van der Waals surface area contributed by atoms with E-state index >= 15 is 0 Å². The molecule has 0 N–H and O–H groups in total. The van der Waals surface area contributed by atoms with Gasteiger partial charge in [-0.05, 0) is 31.9 Å². The van der Waals surface area contributed by atoms with Crippen LogP contribution in [-0.2, 0) is 19.1 Å². The molecule has 0 spiro atoms. The Balaban J connectivity index is 1.76. The van der Waals surface area contributed by atoms with E-state index < -0.39 is 0 Å². The average molecular weight is 431 g/mol. The zero-order valence-electron chi connectivity index (χ0n) is 16.0. The summed E-state index contributed by atoms with van der Waals surface area (Å²) in [5.74, 6) is -0.443. The number of ether oxygens (including phenoxy) is 2. The Hall–Kier alpha value is -1.99. The second kappa shape index (κ2) is 10.5. The van der Waals surface area contributed by atoms with Gasteiger partial charge in [-0.15, -0.1) is 0 Å². The third-order valence-electron chi connectivity index (χ3n) is 4.52. The first-order valence-electron chi connectivity index (χ1n) is 9.08. The Morgan fingerprint density at radius 2 is 1.86 bits per heavy atom. The zero-order chi connectivity index (χ0) is 20.7. The lowest BCUT2D eigenvalue weighted by Gasteiger charge is -2.32. The molecule has 0 saturated carbocycles. The Bertz CT molecular complexity index is 720. The molecule has 2 amide bonds. The zero-order valence-corrected chi connectivity index (χ0v) is 17.5. The van der Waals surface area contributed by atoms with Gasteiger partial charge in [-0.3, -0.25) is 14.4 Å². The molecule has 0 aliphatic carbocycles. The molecule has 1 heterocycles. The molecule has 7 nitrogen and oxygen atoms in total. The number of carbonyl (C=O) groups excluding carboxylic acids is 3. The maximum Gasteiger partial charge on any atom is 0.309 e. The lowest BCUT2D eigenvalue weighted by Crippen LogP contribution is -2.46. The van der Waals surface area contributed by atoms with Crippen LogP contribution >= 0.6 is 23.2 Å². The van der Waals surface area contributed by atoms with E-state index in [1.807, 2.05) is 0 Å². The van der Waals surface area contributed by atoms with Crippen LogP contribution in [-0.4, -0.2) is 67.5 Å². The van der Waals surface area contributed by atoms with Gasteiger partial charge in [0.05, 0.1) is 29.1 Å². The predicted molar refractivity (Wildman–Crippen MR) is 106 cm³/mol. The van der Waals surface area contributed by atoms with Crippen molar-refractivity contribution in [1.82, 2.24) is 9.80 Å². The van der Waals surface area contributed by atoms with Gasteiger partial charge in [0, 0.05) is 26.2 Å². The molecular formula is C19H24Cl2N2O5. The minimum absolute atomic E-state index is 0.0480. The number of rotatable bonds is 7. The van der Waals surface area contributed by atoms with Gasteiger partial charge in [0.1, 0.15) is 5.75 Å². The lowest BCUT2D eigenvalue weighted by atomic mass is 9.97. The number of carbonyl (C=O) groups is 3. The van der Waals surface area contributed by atoms with Crippen LogP contribution in [0.2, 0.25) is 10.0 Å². The Labute approximate surface area is 174 Å². The number of amides is 2. The number of likely N-dealkylation sites (tertiary alicyclic amines) is 1. The molecule has 154 valence electrons. The number of likely N-dealkylation sites (N-methyl/N-ethyl adjacent to an activating group) is 1. The van der Waals surface area contributed by atoms with Crippen LogP contribution in [0.25, 0.3) is 0 Å². The largest absolute Gasteiger partial charge is 0.484 e. The van der Waals surface area contributed by atoms with Gasteiger partial charge in [0.25, 0.3) is 5.91 Å². The van der Waals surface area contributed by atoms with Crippen molar-refractivity contribution in [2.75, 3.05) is 39.9 Å². The molecule has 1 saturated heterocycles. The van der Waals surface area contributed by atoms with Crippen LogP contribution in [0.3, 0.4) is 0 Å². The number of hydrogen-bond acceptors (Lipinski definition) is 5. The Morgan fingerprint density at radius 1 is 1.18 bits per heavy atom. The molecule has 9 heteroatoms. The van der Waals surface area contributed by atoms with Crippen molar-refractivity contribution in [3.8, 4) is 5.75 Å². The molecule has 1 aromatic rings. The molecule has 0 atom stereocenters. The molecule has 1 fully saturated rings. The van der Waals surface area contributed by atoms with Crippen molar-refractivity contribution < 1.29 is 23.9 Å². The van der Waals surface area contributed by atoms with E-state index in [2.05, 4.69) is 0 Å². The monoisotopic (exact) mass is 430 g/mol. The van der Waals surface area contributed by atoms with Gasteiger partial charge < -0.3 is 19.3 Å². The minimum atomic E-state index is -0.333. The first kappa shape index (κ1) is 22.3. The van der Waals surface area contributed by atoms with Crippen molar-refractivity contribution in [2.45, 2.75) is 19.8 Å². The molecule has 2 rings (SSSR count). The van der Waals surface area contributed by atoms with Gasteiger partial charge in [-0.1, -0.05) is 23.2 Å². The summed E-state index contributed by atoms with van der Waals surface area (Å²) in [7, 11) is 1.55. The highest BCUT2D eigenvalue weighted by molar-refractivity contribution is 6.42. The van der Waals surface area contributed by atoms with Crippen LogP contribution < -0.4 is 4.74 Å². The number of nitrogens with zero attached hydrogens (tertiary/aromatic N) is 2. The summed E-state index contributed by atoms with van der Waals surface area (Å²) in [6, 6.07) is 4.72. The molecule has 1 aliphatic heterocycles. The first-order chi connectivity index (χ1) is 13.3. The highest BCUT2D eigenvalue weighted by Gasteiger charge is 2.29. The first-order valence-corrected chi connectivity index (χ1v) is 9.83. The third-order valence-corrected chi connectivity index (χ3v) is 5.26. The summed E-state index contributed by atoms with van der Waals surface area (Å²) >= 11 is 11.7. The van der Waals surface area contributed by atoms with Gasteiger partial charge in [0.15, 0.2) is 6.61 Å². The van der Waals surface area contributed by atoms with Crippen LogP contribution in [0.15, 0.2) is 18.2 Å². The fourth-order valence-electron chi connectivity index (χ4n) is 2.84. The second-order valence-corrected chi connectivity index (χ2v) is 7.34. The Morgan fingerprint density at radius 3 is 2.46 bits per heavy atom. The number of halogens is 2. The molecule has 1 aromatic carbocycles. The van der Waals surface area contributed by atoms with E-state index in [9.17, 15) is 14.4 Å². The van der Waals surface area contributed by atoms with E-state index in [-0.39, 0.29) is 36.9 Å². The molecule has 0 aromatic heterocycles. The topological polar surface area (TPSA) is 76.2 Å². The second-order valence-electron chi connectivity index (χ2n) is 6.52. The minimum Gasteiger partial charge on any atom is -0.484 e.